The molecule has 0 aliphatic heterocycles. The van der Waals surface area contributed by atoms with Crippen LogP contribution in [0.1, 0.15) is 18.4 Å². The Labute approximate surface area is 85.7 Å². The fourth-order valence-electron chi connectivity index (χ4n) is 0.994. The first-order chi connectivity index (χ1) is 6.19. The van der Waals surface area contributed by atoms with Crippen molar-refractivity contribution in [3.05, 3.63) is 16.0 Å². The fourth-order valence-corrected chi connectivity index (χ4v) is 1.45. The van der Waals surface area contributed by atoms with Crippen molar-refractivity contribution >= 4 is 21.7 Å². The van der Waals surface area contributed by atoms with E-state index in [1.165, 1.54) is 0 Å². The van der Waals surface area contributed by atoms with Crippen molar-refractivity contribution in [1.82, 2.24) is 9.97 Å². The number of nitrogen functional groups attached to an aromatic ring is 1. The Balaban J connectivity index is 3.06. The minimum absolute atomic E-state index is 0.393. The summed E-state index contributed by atoms with van der Waals surface area (Å²) >= 11 is 3.33. The van der Waals surface area contributed by atoms with E-state index in [-0.39, 0.29) is 0 Å². The Kier molecular flexibility index (Phi) is 3.62. The van der Waals surface area contributed by atoms with E-state index >= 15 is 0 Å². The second kappa shape index (κ2) is 4.53. The van der Waals surface area contributed by atoms with Gasteiger partial charge < -0.3 is 10.5 Å². The van der Waals surface area contributed by atoms with Crippen LogP contribution in [0.2, 0.25) is 0 Å². The normalized spacial score (nSPS) is 10.4. The van der Waals surface area contributed by atoms with Gasteiger partial charge in [0.05, 0.1) is 10.2 Å². The number of ether oxygens (including phenoxy) is 1. The zero-order valence-electron chi connectivity index (χ0n) is 7.67. The first kappa shape index (κ1) is 10.4. The average molecular weight is 246 g/mol. The number of halogens is 1. The van der Waals surface area contributed by atoms with E-state index in [0.29, 0.717) is 18.2 Å². The SMILES string of the molecule is CCc1nc(COC)nc(N)c1Br. The first-order valence-corrected chi connectivity index (χ1v) is 4.78. The highest BCUT2D eigenvalue weighted by molar-refractivity contribution is 9.10. The lowest BCUT2D eigenvalue weighted by Crippen LogP contribution is -2.05. The summed E-state index contributed by atoms with van der Waals surface area (Å²) in [5.41, 5.74) is 6.59. The molecular weight excluding hydrogens is 234 g/mol. The van der Waals surface area contributed by atoms with Gasteiger partial charge in [-0.15, -0.1) is 0 Å². The van der Waals surface area contributed by atoms with Crippen molar-refractivity contribution in [2.45, 2.75) is 20.0 Å². The lowest BCUT2D eigenvalue weighted by molar-refractivity contribution is 0.177. The third kappa shape index (κ3) is 2.38. The predicted octanol–water partition coefficient (Wildman–Crippen LogP) is 1.53. The summed E-state index contributed by atoms with van der Waals surface area (Å²) in [6, 6.07) is 0. The van der Waals surface area contributed by atoms with Crippen LogP contribution in [0.25, 0.3) is 0 Å². The third-order valence-electron chi connectivity index (χ3n) is 1.60. The van der Waals surface area contributed by atoms with Crippen LogP contribution < -0.4 is 5.73 Å². The van der Waals surface area contributed by atoms with Gasteiger partial charge >= 0.3 is 0 Å². The van der Waals surface area contributed by atoms with Gasteiger partial charge in [0.2, 0.25) is 0 Å². The van der Waals surface area contributed by atoms with E-state index < -0.39 is 0 Å². The molecule has 13 heavy (non-hydrogen) atoms. The molecule has 0 aliphatic carbocycles. The Bertz CT molecular complexity index is 304. The molecule has 0 amide bonds. The van der Waals surface area contributed by atoms with Gasteiger partial charge in [0, 0.05) is 7.11 Å². The lowest BCUT2D eigenvalue weighted by atomic mass is 10.3. The Morgan fingerprint density at radius 2 is 2.15 bits per heavy atom. The van der Waals surface area contributed by atoms with Gasteiger partial charge in [-0.25, -0.2) is 9.97 Å². The maximum absolute atomic E-state index is 5.67. The second-order valence-electron chi connectivity index (χ2n) is 2.57. The van der Waals surface area contributed by atoms with E-state index in [9.17, 15) is 0 Å². The van der Waals surface area contributed by atoms with E-state index in [2.05, 4.69) is 25.9 Å². The predicted molar refractivity (Wildman–Crippen MR) is 54.2 cm³/mol. The van der Waals surface area contributed by atoms with Crippen LogP contribution in [0.3, 0.4) is 0 Å². The van der Waals surface area contributed by atoms with Gasteiger partial charge in [0.15, 0.2) is 5.82 Å². The van der Waals surface area contributed by atoms with Crippen LogP contribution in [0.4, 0.5) is 5.82 Å². The highest BCUT2D eigenvalue weighted by Crippen LogP contribution is 2.21. The molecule has 1 rings (SSSR count). The van der Waals surface area contributed by atoms with E-state index in [1.54, 1.807) is 7.11 Å². The molecule has 4 nitrogen and oxygen atoms in total. The third-order valence-corrected chi connectivity index (χ3v) is 2.46. The molecule has 1 heterocycles. The minimum atomic E-state index is 0.393. The van der Waals surface area contributed by atoms with Gasteiger partial charge in [0.25, 0.3) is 0 Å². The van der Waals surface area contributed by atoms with Crippen LogP contribution in [0, 0.1) is 0 Å². The summed E-state index contributed by atoms with van der Waals surface area (Å²) in [7, 11) is 1.60. The molecule has 0 spiro atoms. The molecule has 1 aromatic heterocycles. The van der Waals surface area contributed by atoms with Crippen molar-refractivity contribution in [1.29, 1.82) is 0 Å². The Morgan fingerprint density at radius 3 is 2.69 bits per heavy atom. The summed E-state index contributed by atoms with van der Waals surface area (Å²) in [6.07, 6.45) is 0.823. The largest absolute Gasteiger partial charge is 0.383 e. The molecule has 2 N–H and O–H groups in total. The van der Waals surface area contributed by atoms with Crippen molar-refractivity contribution in [2.24, 2.45) is 0 Å². The number of hydrogen-bond acceptors (Lipinski definition) is 4. The number of aromatic nitrogens is 2. The summed E-state index contributed by atoms with van der Waals surface area (Å²) in [6.45, 7) is 2.41. The standard InChI is InChI=1S/C8H12BrN3O/c1-3-5-7(9)8(10)12-6(11-5)4-13-2/h3-4H2,1-2H3,(H2,10,11,12). The van der Waals surface area contributed by atoms with E-state index in [4.69, 9.17) is 10.5 Å². The van der Waals surface area contributed by atoms with Crippen molar-refractivity contribution in [3.63, 3.8) is 0 Å². The van der Waals surface area contributed by atoms with Crippen molar-refractivity contribution < 1.29 is 4.74 Å². The molecule has 0 atom stereocenters. The van der Waals surface area contributed by atoms with Gasteiger partial charge in [-0.2, -0.15) is 0 Å². The second-order valence-corrected chi connectivity index (χ2v) is 3.37. The van der Waals surface area contributed by atoms with Gasteiger partial charge in [-0.3, -0.25) is 0 Å². The first-order valence-electron chi connectivity index (χ1n) is 3.98. The highest BCUT2D eigenvalue weighted by atomic mass is 79.9. The van der Waals surface area contributed by atoms with Gasteiger partial charge in [-0.1, -0.05) is 6.92 Å². The highest BCUT2D eigenvalue weighted by Gasteiger charge is 2.07. The van der Waals surface area contributed by atoms with E-state index in [0.717, 1.165) is 16.6 Å². The Hall–Kier alpha value is -0.680. The monoisotopic (exact) mass is 245 g/mol. The molecular formula is C8H12BrN3O. The Morgan fingerprint density at radius 1 is 1.46 bits per heavy atom. The molecule has 0 radical (unpaired) electrons. The lowest BCUT2D eigenvalue weighted by Gasteiger charge is -2.06. The fraction of sp³-hybridized carbons (Fsp3) is 0.500. The van der Waals surface area contributed by atoms with Gasteiger partial charge in [0.1, 0.15) is 12.4 Å². The van der Waals surface area contributed by atoms with Crippen molar-refractivity contribution in [2.75, 3.05) is 12.8 Å². The quantitative estimate of drug-likeness (QED) is 0.878. The number of rotatable bonds is 3. The number of nitrogens with two attached hydrogens (primary N) is 1. The maximum atomic E-state index is 5.67. The van der Waals surface area contributed by atoms with Crippen LogP contribution in [-0.2, 0) is 17.8 Å². The molecule has 0 aromatic carbocycles. The summed E-state index contributed by atoms with van der Waals surface area (Å²) < 4.78 is 5.71. The molecule has 1 aromatic rings. The maximum Gasteiger partial charge on any atom is 0.156 e. The molecule has 72 valence electrons. The topological polar surface area (TPSA) is 61.0 Å². The summed E-state index contributed by atoms with van der Waals surface area (Å²) in [4.78, 5) is 8.34. The van der Waals surface area contributed by atoms with Crippen molar-refractivity contribution in [3.8, 4) is 0 Å². The summed E-state index contributed by atoms with van der Waals surface area (Å²) in [5.74, 6) is 1.10. The zero-order valence-corrected chi connectivity index (χ0v) is 9.26. The van der Waals surface area contributed by atoms with Crippen LogP contribution in [-0.4, -0.2) is 17.1 Å². The summed E-state index contributed by atoms with van der Waals surface area (Å²) in [5, 5.41) is 0. The molecule has 0 saturated carbocycles. The zero-order chi connectivity index (χ0) is 9.84. The van der Waals surface area contributed by atoms with Crippen LogP contribution in [0.15, 0.2) is 4.47 Å². The molecule has 0 saturated heterocycles. The molecule has 0 aliphatic rings. The molecule has 0 unspecified atom stereocenters. The minimum Gasteiger partial charge on any atom is -0.383 e. The average Bonchev–Trinajstić information content (AvgIpc) is 2.11. The number of aryl methyl sites for hydroxylation is 1. The van der Waals surface area contributed by atoms with Gasteiger partial charge in [-0.05, 0) is 22.4 Å². The molecule has 0 fully saturated rings. The molecule has 5 heteroatoms. The smallest absolute Gasteiger partial charge is 0.156 e. The number of nitrogens with zero attached hydrogens (tertiary/aromatic N) is 2. The number of methoxy groups -OCH3 is 1. The van der Waals surface area contributed by atoms with Crippen LogP contribution >= 0.6 is 15.9 Å². The van der Waals surface area contributed by atoms with E-state index in [1.807, 2.05) is 6.92 Å². The number of anilines is 1. The van der Waals surface area contributed by atoms with Crippen LogP contribution in [0.5, 0.6) is 0 Å². The number of hydrogen-bond donors (Lipinski definition) is 1. The molecule has 0 bridgehead atoms.